The Morgan fingerprint density at radius 3 is 2.21 bits per heavy atom. The van der Waals surface area contributed by atoms with E-state index in [1.807, 2.05) is 48.2 Å². The van der Waals surface area contributed by atoms with Crippen molar-refractivity contribution in [1.82, 2.24) is 14.9 Å². The predicted molar refractivity (Wildman–Crippen MR) is 126 cm³/mol. The quantitative estimate of drug-likeness (QED) is 0.547. The molecule has 1 fully saturated rings. The number of aromatic nitrogens is 2. The average molecular weight is 449 g/mol. The lowest BCUT2D eigenvalue weighted by molar-refractivity contribution is 0.0739. The lowest BCUT2D eigenvalue weighted by atomic mass is 10.1. The van der Waals surface area contributed by atoms with Gasteiger partial charge in [0, 0.05) is 37.8 Å². The SMILES string of the molecule is CCOc1ccc(-c2cc(N3CCN(C(=O)c4c(OC)cccc4OC)CC3)ncn2)cc1. The van der Waals surface area contributed by atoms with Gasteiger partial charge in [-0.25, -0.2) is 9.97 Å². The van der Waals surface area contributed by atoms with Gasteiger partial charge < -0.3 is 24.0 Å². The van der Waals surface area contributed by atoms with Crippen molar-refractivity contribution in [2.45, 2.75) is 6.92 Å². The highest BCUT2D eigenvalue weighted by atomic mass is 16.5. The second kappa shape index (κ2) is 10.2. The number of hydrogen-bond acceptors (Lipinski definition) is 7. The topological polar surface area (TPSA) is 77.0 Å². The molecule has 1 aliphatic rings. The molecule has 0 N–H and O–H groups in total. The second-order valence-electron chi connectivity index (χ2n) is 7.54. The summed E-state index contributed by atoms with van der Waals surface area (Å²) in [6.45, 7) is 5.08. The first-order valence-corrected chi connectivity index (χ1v) is 10.9. The summed E-state index contributed by atoms with van der Waals surface area (Å²) in [7, 11) is 3.11. The zero-order chi connectivity index (χ0) is 23.2. The van der Waals surface area contributed by atoms with Crippen LogP contribution in [0, 0.1) is 0 Å². The fourth-order valence-electron chi connectivity index (χ4n) is 3.93. The van der Waals surface area contributed by atoms with E-state index in [1.54, 1.807) is 32.7 Å². The van der Waals surface area contributed by atoms with Gasteiger partial charge in [-0.2, -0.15) is 0 Å². The van der Waals surface area contributed by atoms with Gasteiger partial charge in [-0.15, -0.1) is 0 Å². The molecule has 0 spiro atoms. The molecule has 33 heavy (non-hydrogen) atoms. The van der Waals surface area contributed by atoms with E-state index in [0.717, 1.165) is 22.8 Å². The Morgan fingerprint density at radius 2 is 1.61 bits per heavy atom. The van der Waals surface area contributed by atoms with E-state index in [-0.39, 0.29) is 5.91 Å². The maximum absolute atomic E-state index is 13.2. The molecule has 2 aromatic carbocycles. The van der Waals surface area contributed by atoms with Crippen LogP contribution in [0.15, 0.2) is 54.9 Å². The van der Waals surface area contributed by atoms with Gasteiger partial charge in [-0.05, 0) is 43.3 Å². The smallest absolute Gasteiger partial charge is 0.261 e. The third kappa shape index (κ3) is 4.84. The molecule has 4 rings (SSSR count). The van der Waals surface area contributed by atoms with E-state index >= 15 is 0 Å². The summed E-state index contributed by atoms with van der Waals surface area (Å²) in [6.07, 6.45) is 1.58. The van der Waals surface area contributed by atoms with Gasteiger partial charge in [0.15, 0.2) is 0 Å². The minimum Gasteiger partial charge on any atom is -0.496 e. The highest BCUT2D eigenvalue weighted by Gasteiger charge is 2.27. The van der Waals surface area contributed by atoms with Gasteiger partial charge in [0.25, 0.3) is 5.91 Å². The molecule has 0 radical (unpaired) electrons. The summed E-state index contributed by atoms with van der Waals surface area (Å²) in [6, 6.07) is 15.2. The molecule has 1 aromatic heterocycles. The normalized spacial score (nSPS) is 13.5. The number of benzene rings is 2. The number of hydrogen-bond donors (Lipinski definition) is 0. The number of nitrogens with zero attached hydrogens (tertiary/aromatic N) is 4. The lowest BCUT2D eigenvalue weighted by Crippen LogP contribution is -2.49. The molecule has 1 amide bonds. The number of anilines is 1. The fraction of sp³-hybridized carbons (Fsp3) is 0.320. The zero-order valence-electron chi connectivity index (χ0n) is 19.2. The minimum absolute atomic E-state index is 0.0956. The van der Waals surface area contributed by atoms with Crippen molar-refractivity contribution in [3.8, 4) is 28.5 Å². The standard InChI is InChI=1S/C25H28N4O4/c1-4-33-19-10-8-18(9-11-19)20-16-23(27-17-26-20)28-12-14-29(15-13-28)25(30)24-21(31-2)6-5-7-22(24)32-3/h5-11,16-17H,4,12-15H2,1-3H3. The van der Waals surface area contributed by atoms with Gasteiger partial charge in [0.2, 0.25) is 0 Å². The largest absolute Gasteiger partial charge is 0.496 e. The number of amides is 1. The molecule has 8 nitrogen and oxygen atoms in total. The van der Waals surface area contributed by atoms with E-state index in [0.29, 0.717) is 49.8 Å². The molecular weight excluding hydrogens is 420 g/mol. The third-order valence-electron chi connectivity index (χ3n) is 5.65. The van der Waals surface area contributed by atoms with Gasteiger partial charge in [-0.3, -0.25) is 4.79 Å². The van der Waals surface area contributed by atoms with Crippen LogP contribution in [0.4, 0.5) is 5.82 Å². The van der Waals surface area contributed by atoms with Crippen LogP contribution < -0.4 is 19.1 Å². The first-order valence-electron chi connectivity index (χ1n) is 10.9. The molecular formula is C25H28N4O4. The first kappa shape index (κ1) is 22.4. The average Bonchev–Trinajstić information content (AvgIpc) is 2.88. The third-order valence-corrected chi connectivity index (χ3v) is 5.65. The summed E-state index contributed by atoms with van der Waals surface area (Å²) in [4.78, 5) is 26.1. The Labute approximate surface area is 193 Å². The minimum atomic E-state index is -0.0956. The van der Waals surface area contributed by atoms with Crippen molar-refractivity contribution >= 4 is 11.7 Å². The van der Waals surface area contributed by atoms with Crippen LogP contribution >= 0.6 is 0 Å². The Kier molecular flexibility index (Phi) is 6.92. The number of carbonyl (C=O) groups is 1. The summed E-state index contributed by atoms with van der Waals surface area (Å²) in [5.41, 5.74) is 2.30. The summed E-state index contributed by atoms with van der Waals surface area (Å²) >= 11 is 0. The van der Waals surface area contributed by atoms with E-state index < -0.39 is 0 Å². The highest BCUT2D eigenvalue weighted by molar-refractivity contribution is 5.99. The monoisotopic (exact) mass is 448 g/mol. The van der Waals surface area contributed by atoms with Crippen LogP contribution in [0.3, 0.4) is 0 Å². The molecule has 0 aliphatic carbocycles. The lowest BCUT2D eigenvalue weighted by Gasteiger charge is -2.35. The van der Waals surface area contributed by atoms with Crippen molar-refractivity contribution < 1.29 is 19.0 Å². The van der Waals surface area contributed by atoms with Crippen molar-refractivity contribution in [2.75, 3.05) is 51.9 Å². The van der Waals surface area contributed by atoms with Crippen LogP contribution in [0.1, 0.15) is 17.3 Å². The molecule has 0 unspecified atom stereocenters. The van der Waals surface area contributed by atoms with E-state index in [2.05, 4.69) is 14.9 Å². The molecule has 2 heterocycles. The van der Waals surface area contributed by atoms with E-state index in [4.69, 9.17) is 14.2 Å². The summed E-state index contributed by atoms with van der Waals surface area (Å²) < 4.78 is 16.3. The van der Waals surface area contributed by atoms with Crippen LogP contribution in [0.5, 0.6) is 17.2 Å². The van der Waals surface area contributed by atoms with E-state index in [1.165, 1.54) is 0 Å². The molecule has 172 valence electrons. The van der Waals surface area contributed by atoms with Crippen molar-refractivity contribution in [2.24, 2.45) is 0 Å². The molecule has 1 saturated heterocycles. The van der Waals surface area contributed by atoms with E-state index in [9.17, 15) is 4.79 Å². The Morgan fingerprint density at radius 1 is 0.939 bits per heavy atom. The number of methoxy groups -OCH3 is 2. The fourth-order valence-corrected chi connectivity index (χ4v) is 3.93. The molecule has 0 atom stereocenters. The van der Waals surface area contributed by atoms with Crippen LogP contribution in [-0.4, -0.2) is 67.8 Å². The Bertz CT molecular complexity index is 1070. The molecule has 0 saturated carbocycles. The maximum atomic E-state index is 13.2. The Balaban J connectivity index is 1.45. The van der Waals surface area contributed by atoms with Crippen LogP contribution in [-0.2, 0) is 0 Å². The molecule has 0 bridgehead atoms. The second-order valence-corrected chi connectivity index (χ2v) is 7.54. The van der Waals surface area contributed by atoms with Crippen molar-refractivity contribution in [3.63, 3.8) is 0 Å². The molecule has 3 aromatic rings. The summed E-state index contributed by atoms with van der Waals surface area (Å²) in [5, 5.41) is 0. The first-order chi connectivity index (χ1) is 16.1. The van der Waals surface area contributed by atoms with Crippen LogP contribution in [0.2, 0.25) is 0 Å². The number of rotatable bonds is 7. The van der Waals surface area contributed by atoms with Gasteiger partial charge in [-0.1, -0.05) is 6.07 Å². The summed E-state index contributed by atoms with van der Waals surface area (Å²) in [5.74, 6) is 2.61. The molecule has 1 aliphatic heterocycles. The Hall–Kier alpha value is -3.81. The highest BCUT2D eigenvalue weighted by Crippen LogP contribution is 2.30. The maximum Gasteiger partial charge on any atom is 0.261 e. The molecule has 8 heteroatoms. The predicted octanol–water partition coefficient (Wildman–Crippen LogP) is 3.52. The zero-order valence-corrected chi connectivity index (χ0v) is 19.2. The van der Waals surface area contributed by atoms with Crippen molar-refractivity contribution in [1.29, 1.82) is 0 Å². The number of carbonyl (C=O) groups excluding carboxylic acids is 1. The number of ether oxygens (including phenoxy) is 3. The van der Waals surface area contributed by atoms with Crippen LogP contribution in [0.25, 0.3) is 11.3 Å². The number of piperazine rings is 1. The van der Waals surface area contributed by atoms with Gasteiger partial charge in [0.05, 0.1) is 26.5 Å². The van der Waals surface area contributed by atoms with Gasteiger partial charge >= 0.3 is 0 Å². The van der Waals surface area contributed by atoms with Crippen molar-refractivity contribution in [3.05, 3.63) is 60.4 Å². The van der Waals surface area contributed by atoms with Gasteiger partial charge in [0.1, 0.15) is 35.0 Å².